The summed E-state index contributed by atoms with van der Waals surface area (Å²) in [5.74, 6) is -0.0846. The minimum atomic E-state index is -0.402. The fourth-order valence-electron chi connectivity index (χ4n) is 2.79. The Morgan fingerprint density at radius 3 is 2.71 bits per heavy atom. The SMILES string of the molecule is COCCNC(=O)CN1C(=O)/C(=C\c2ccc(C)cc2)Oc2ccc(N)cc21. The molecule has 1 heterocycles. The molecule has 0 unspecified atom stereocenters. The van der Waals surface area contributed by atoms with Crippen LogP contribution in [0, 0.1) is 6.92 Å². The van der Waals surface area contributed by atoms with Crippen LogP contribution in [0.4, 0.5) is 11.4 Å². The van der Waals surface area contributed by atoms with Crippen molar-refractivity contribution in [2.75, 3.05) is 37.4 Å². The number of aryl methyl sites for hydroxylation is 1. The lowest BCUT2D eigenvalue weighted by molar-refractivity contribution is -0.123. The molecule has 0 aromatic heterocycles. The molecule has 7 heteroatoms. The van der Waals surface area contributed by atoms with Gasteiger partial charge in [0.2, 0.25) is 5.91 Å². The van der Waals surface area contributed by atoms with E-state index < -0.39 is 5.91 Å². The number of nitrogens with two attached hydrogens (primary N) is 1. The van der Waals surface area contributed by atoms with E-state index in [2.05, 4.69) is 5.32 Å². The predicted molar refractivity (Wildman–Crippen MR) is 108 cm³/mol. The Labute approximate surface area is 163 Å². The van der Waals surface area contributed by atoms with E-state index in [4.69, 9.17) is 15.2 Å². The highest BCUT2D eigenvalue weighted by atomic mass is 16.5. The molecule has 0 spiro atoms. The van der Waals surface area contributed by atoms with Crippen LogP contribution in [0.2, 0.25) is 0 Å². The molecular weight excluding hydrogens is 358 g/mol. The van der Waals surface area contributed by atoms with Gasteiger partial charge in [0, 0.05) is 19.3 Å². The fraction of sp³-hybridized carbons (Fsp3) is 0.238. The van der Waals surface area contributed by atoms with E-state index in [1.807, 2.05) is 31.2 Å². The molecular formula is C21H23N3O4. The standard InChI is InChI=1S/C21H23N3O4/c1-14-3-5-15(6-4-14)11-19-21(26)24(13-20(25)23-9-10-27-2)17-12-16(22)7-8-18(17)28-19/h3-8,11-12H,9-10,13,22H2,1-2H3,(H,23,25)/b19-11+. The van der Waals surface area contributed by atoms with Crippen molar-refractivity contribution in [1.29, 1.82) is 0 Å². The summed E-state index contributed by atoms with van der Waals surface area (Å²) in [5, 5.41) is 2.72. The number of amides is 2. The highest BCUT2D eigenvalue weighted by Gasteiger charge is 2.31. The summed E-state index contributed by atoms with van der Waals surface area (Å²) in [5.41, 5.74) is 8.76. The van der Waals surface area contributed by atoms with Gasteiger partial charge in [-0.3, -0.25) is 14.5 Å². The molecule has 2 aromatic rings. The Morgan fingerprint density at radius 1 is 1.25 bits per heavy atom. The molecule has 146 valence electrons. The van der Waals surface area contributed by atoms with Gasteiger partial charge < -0.3 is 20.5 Å². The summed E-state index contributed by atoms with van der Waals surface area (Å²) in [6, 6.07) is 12.7. The van der Waals surface area contributed by atoms with Gasteiger partial charge in [-0.25, -0.2) is 0 Å². The molecule has 0 bridgehead atoms. The molecule has 0 saturated carbocycles. The Bertz CT molecular complexity index is 906. The van der Waals surface area contributed by atoms with E-state index in [1.165, 1.54) is 4.90 Å². The number of nitrogens with zero attached hydrogens (tertiary/aromatic N) is 1. The highest BCUT2D eigenvalue weighted by molar-refractivity contribution is 6.12. The van der Waals surface area contributed by atoms with Crippen LogP contribution in [0.25, 0.3) is 6.08 Å². The summed E-state index contributed by atoms with van der Waals surface area (Å²) < 4.78 is 10.7. The van der Waals surface area contributed by atoms with Crippen LogP contribution >= 0.6 is 0 Å². The second-order valence-corrected chi connectivity index (χ2v) is 6.48. The molecule has 0 fully saturated rings. The molecule has 0 saturated heterocycles. The van der Waals surface area contributed by atoms with Crippen molar-refractivity contribution in [2.24, 2.45) is 0 Å². The number of fused-ring (bicyclic) bond motifs is 1. The van der Waals surface area contributed by atoms with Crippen LogP contribution in [0.15, 0.2) is 48.2 Å². The fourth-order valence-corrected chi connectivity index (χ4v) is 2.79. The van der Waals surface area contributed by atoms with Gasteiger partial charge in [-0.05, 0) is 36.8 Å². The van der Waals surface area contributed by atoms with Gasteiger partial charge in [0.1, 0.15) is 6.54 Å². The number of nitrogen functional groups attached to an aromatic ring is 1. The summed E-state index contributed by atoms with van der Waals surface area (Å²) >= 11 is 0. The van der Waals surface area contributed by atoms with E-state index in [0.717, 1.165) is 11.1 Å². The second kappa shape index (κ2) is 8.58. The Balaban J connectivity index is 1.90. The molecule has 2 amide bonds. The van der Waals surface area contributed by atoms with Crippen LogP contribution in [-0.4, -0.2) is 38.6 Å². The molecule has 7 nitrogen and oxygen atoms in total. The van der Waals surface area contributed by atoms with Crippen molar-refractivity contribution in [3.63, 3.8) is 0 Å². The average Bonchev–Trinajstić information content (AvgIpc) is 2.67. The summed E-state index contributed by atoms with van der Waals surface area (Å²) in [7, 11) is 1.55. The molecule has 1 aliphatic rings. The number of carbonyl (C=O) groups excluding carboxylic acids is 2. The summed E-state index contributed by atoms with van der Waals surface area (Å²) in [6.45, 7) is 2.60. The van der Waals surface area contributed by atoms with Gasteiger partial charge in [-0.1, -0.05) is 29.8 Å². The predicted octanol–water partition coefficient (Wildman–Crippen LogP) is 2.11. The number of hydrogen-bond acceptors (Lipinski definition) is 5. The Kier molecular flexibility index (Phi) is 5.96. The third-order valence-electron chi connectivity index (χ3n) is 4.25. The van der Waals surface area contributed by atoms with Gasteiger partial charge in [0.05, 0.1) is 12.3 Å². The molecule has 2 aromatic carbocycles. The van der Waals surface area contributed by atoms with Crippen LogP contribution in [-0.2, 0) is 14.3 Å². The van der Waals surface area contributed by atoms with Crippen LogP contribution in [0.3, 0.4) is 0 Å². The van der Waals surface area contributed by atoms with E-state index >= 15 is 0 Å². The third-order valence-corrected chi connectivity index (χ3v) is 4.25. The number of rotatable bonds is 6. The van der Waals surface area contributed by atoms with Gasteiger partial charge in [-0.2, -0.15) is 0 Å². The van der Waals surface area contributed by atoms with Gasteiger partial charge in [0.15, 0.2) is 11.5 Å². The summed E-state index contributed by atoms with van der Waals surface area (Å²) in [4.78, 5) is 26.7. The van der Waals surface area contributed by atoms with Crippen molar-refractivity contribution in [1.82, 2.24) is 5.32 Å². The minimum absolute atomic E-state index is 0.144. The van der Waals surface area contributed by atoms with Crippen LogP contribution in [0.5, 0.6) is 5.75 Å². The molecule has 0 atom stereocenters. The molecule has 0 radical (unpaired) electrons. The molecule has 0 aliphatic carbocycles. The number of benzene rings is 2. The number of hydrogen-bond donors (Lipinski definition) is 2. The van der Waals surface area contributed by atoms with Crippen LogP contribution in [0.1, 0.15) is 11.1 Å². The minimum Gasteiger partial charge on any atom is -0.449 e. The zero-order chi connectivity index (χ0) is 20.1. The van der Waals surface area contributed by atoms with Crippen molar-refractivity contribution in [3.05, 3.63) is 59.4 Å². The largest absolute Gasteiger partial charge is 0.449 e. The van der Waals surface area contributed by atoms with E-state index in [9.17, 15) is 9.59 Å². The molecule has 1 aliphatic heterocycles. The zero-order valence-corrected chi connectivity index (χ0v) is 15.9. The van der Waals surface area contributed by atoms with Crippen molar-refractivity contribution >= 4 is 29.3 Å². The normalized spacial score (nSPS) is 14.6. The number of methoxy groups -OCH3 is 1. The third kappa shape index (κ3) is 4.50. The lowest BCUT2D eigenvalue weighted by Gasteiger charge is -2.30. The quantitative estimate of drug-likeness (QED) is 0.454. The van der Waals surface area contributed by atoms with Gasteiger partial charge >= 0.3 is 0 Å². The van der Waals surface area contributed by atoms with Crippen molar-refractivity contribution < 1.29 is 19.1 Å². The van der Waals surface area contributed by atoms with E-state index in [1.54, 1.807) is 31.4 Å². The summed E-state index contributed by atoms with van der Waals surface area (Å²) in [6.07, 6.45) is 1.66. The van der Waals surface area contributed by atoms with E-state index in [-0.39, 0.29) is 18.2 Å². The first kappa shape index (κ1) is 19.4. The van der Waals surface area contributed by atoms with Crippen LogP contribution < -0.4 is 20.7 Å². The molecule has 28 heavy (non-hydrogen) atoms. The van der Waals surface area contributed by atoms with Crippen molar-refractivity contribution in [2.45, 2.75) is 6.92 Å². The Hall–Kier alpha value is -3.32. The van der Waals surface area contributed by atoms with Gasteiger partial charge in [-0.15, -0.1) is 0 Å². The topological polar surface area (TPSA) is 93.9 Å². The lowest BCUT2D eigenvalue weighted by atomic mass is 10.1. The number of nitrogens with one attached hydrogen (secondary N) is 1. The van der Waals surface area contributed by atoms with E-state index in [0.29, 0.717) is 30.3 Å². The number of anilines is 2. The van der Waals surface area contributed by atoms with Crippen molar-refractivity contribution in [3.8, 4) is 5.75 Å². The maximum Gasteiger partial charge on any atom is 0.294 e. The first-order valence-electron chi connectivity index (χ1n) is 8.91. The molecule has 3 N–H and O–H groups in total. The number of ether oxygens (including phenoxy) is 2. The maximum absolute atomic E-state index is 13.0. The smallest absolute Gasteiger partial charge is 0.294 e. The first-order valence-corrected chi connectivity index (χ1v) is 8.91. The second-order valence-electron chi connectivity index (χ2n) is 6.48. The highest BCUT2D eigenvalue weighted by Crippen LogP contribution is 2.37. The monoisotopic (exact) mass is 381 g/mol. The lowest BCUT2D eigenvalue weighted by Crippen LogP contribution is -2.44. The zero-order valence-electron chi connectivity index (χ0n) is 15.9. The number of carbonyl (C=O) groups is 2. The van der Waals surface area contributed by atoms with Gasteiger partial charge in [0.25, 0.3) is 5.91 Å². The first-order chi connectivity index (χ1) is 13.5. The maximum atomic E-state index is 13.0. The molecule has 3 rings (SSSR count). The average molecular weight is 381 g/mol. The Morgan fingerprint density at radius 2 is 2.00 bits per heavy atom.